The van der Waals surface area contributed by atoms with Gasteiger partial charge in [0.2, 0.25) is 5.91 Å². The highest BCUT2D eigenvalue weighted by Crippen LogP contribution is 2.20. The molecule has 0 spiro atoms. The molecule has 1 aliphatic heterocycles. The highest BCUT2D eigenvalue weighted by molar-refractivity contribution is 9.09. The van der Waals surface area contributed by atoms with Crippen molar-refractivity contribution in [3.63, 3.8) is 0 Å². The van der Waals surface area contributed by atoms with Gasteiger partial charge in [0, 0.05) is 22.9 Å². The fourth-order valence-corrected chi connectivity index (χ4v) is 3.17. The van der Waals surface area contributed by atoms with Gasteiger partial charge in [0.15, 0.2) is 0 Å². The smallest absolute Gasteiger partial charge is 0.227 e. The van der Waals surface area contributed by atoms with Crippen LogP contribution in [-0.4, -0.2) is 28.7 Å². The SMILES string of the molecule is O=C(Cc1ccc(Cl)cc1)N1CCCCC1CBr. The van der Waals surface area contributed by atoms with Crippen molar-refractivity contribution < 1.29 is 4.79 Å². The zero-order chi connectivity index (χ0) is 13.0. The molecule has 1 unspecified atom stereocenters. The largest absolute Gasteiger partial charge is 0.339 e. The average Bonchev–Trinajstić information content (AvgIpc) is 2.41. The molecule has 1 heterocycles. The van der Waals surface area contributed by atoms with Crippen molar-refractivity contribution in [3.8, 4) is 0 Å². The molecule has 0 N–H and O–H groups in total. The van der Waals surface area contributed by atoms with Gasteiger partial charge < -0.3 is 4.90 Å². The van der Waals surface area contributed by atoms with Crippen LogP contribution < -0.4 is 0 Å². The summed E-state index contributed by atoms with van der Waals surface area (Å²) >= 11 is 9.34. The molecule has 18 heavy (non-hydrogen) atoms. The minimum Gasteiger partial charge on any atom is -0.339 e. The first kappa shape index (κ1) is 13.9. The molecule has 2 rings (SSSR count). The van der Waals surface area contributed by atoms with E-state index in [1.165, 1.54) is 6.42 Å². The van der Waals surface area contributed by atoms with Gasteiger partial charge in [-0.3, -0.25) is 4.79 Å². The molecular weight excluding hydrogens is 314 g/mol. The normalized spacial score (nSPS) is 19.9. The Bertz CT molecular complexity index is 407. The standard InChI is InChI=1S/C14H17BrClNO/c15-10-13-3-1-2-8-17(13)14(18)9-11-4-6-12(16)7-5-11/h4-7,13H,1-3,8-10H2. The molecule has 1 saturated heterocycles. The van der Waals surface area contributed by atoms with Gasteiger partial charge in [-0.25, -0.2) is 0 Å². The van der Waals surface area contributed by atoms with Crippen LogP contribution in [0, 0.1) is 0 Å². The van der Waals surface area contributed by atoms with Crippen molar-refractivity contribution in [2.75, 3.05) is 11.9 Å². The van der Waals surface area contributed by atoms with Crippen LogP contribution in [0.4, 0.5) is 0 Å². The van der Waals surface area contributed by atoms with Crippen LogP contribution in [0.25, 0.3) is 0 Å². The molecule has 1 amide bonds. The molecule has 98 valence electrons. The number of rotatable bonds is 3. The Labute approximate surface area is 121 Å². The van der Waals surface area contributed by atoms with Crippen LogP contribution >= 0.6 is 27.5 Å². The van der Waals surface area contributed by atoms with Crippen molar-refractivity contribution >= 4 is 33.4 Å². The van der Waals surface area contributed by atoms with Crippen LogP contribution in [0.2, 0.25) is 5.02 Å². The van der Waals surface area contributed by atoms with Gasteiger partial charge in [-0.15, -0.1) is 0 Å². The summed E-state index contributed by atoms with van der Waals surface area (Å²) in [7, 11) is 0. The van der Waals surface area contributed by atoms with Gasteiger partial charge in [0.25, 0.3) is 0 Å². The molecule has 1 aromatic rings. The van der Waals surface area contributed by atoms with Crippen LogP contribution in [0.3, 0.4) is 0 Å². The van der Waals surface area contributed by atoms with Crippen LogP contribution in [-0.2, 0) is 11.2 Å². The van der Waals surface area contributed by atoms with Gasteiger partial charge in [0.05, 0.1) is 6.42 Å². The van der Waals surface area contributed by atoms with E-state index in [1.807, 2.05) is 29.2 Å². The number of piperidine rings is 1. The third-order valence-electron chi connectivity index (χ3n) is 3.39. The van der Waals surface area contributed by atoms with E-state index in [1.54, 1.807) is 0 Å². The number of nitrogens with zero attached hydrogens (tertiary/aromatic N) is 1. The second-order valence-corrected chi connectivity index (χ2v) is 5.78. The molecule has 1 aliphatic rings. The molecule has 1 fully saturated rings. The number of likely N-dealkylation sites (tertiary alicyclic amines) is 1. The molecule has 2 nitrogen and oxygen atoms in total. The maximum atomic E-state index is 12.3. The minimum atomic E-state index is 0.224. The Morgan fingerprint density at radius 3 is 2.72 bits per heavy atom. The molecule has 0 aromatic heterocycles. The minimum absolute atomic E-state index is 0.224. The summed E-state index contributed by atoms with van der Waals surface area (Å²) in [6.45, 7) is 0.892. The van der Waals surface area contributed by atoms with E-state index in [9.17, 15) is 4.79 Å². The third kappa shape index (κ3) is 3.48. The molecule has 0 bridgehead atoms. The Hall–Kier alpha value is -0.540. The van der Waals surface area contributed by atoms with Crippen LogP contribution in [0.15, 0.2) is 24.3 Å². The lowest BCUT2D eigenvalue weighted by Gasteiger charge is -2.34. The Balaban J connectivity index is 2.00. The molecule has 0 aliphatic carbocycles. The first-order valence-corrected chi connectivity index (χ1v) is 7.80. The predicted octanol–water partition coefficient (Wildman–Crippen LogP) is 3.66. The summed E-state index contributed by atoms with van der Waals surface area (Å²) in [5.41, 5.74) is 1.03. The number of hydrogen-bond acceptors (Lipinski definition) is 1. The third-order valence-corrected chi connectivity index (χ3v) is 4.39. The fraction of sp³-hybridized carbons (Fsp3) is 0.500. The van der Waals surface area contributed by atoms with E-state index >= 15 is 0 Å². The predicted molar refractivity (Wildman–Crippen MR) is 78.3 cm³/mol. The van der Waals surface area contributed by atoms with Crippen molar-refractivity contribution in [1.82, 2.24) is 4.90 Å². The van der Waals surface area contributed by atoms with Crippen molar-refractivity contribution in [2.24, 2.45) is 0 Å². The van der Waals surface area contributed by atoms with Crippen LogP contribution in [0.5, 0.6) is 0 Å². The Morgan fingerprint density at radius 2 is 2.06 bits per heavy atom. The first-order chi connectivity index (χ1) is 8.70. The number of amides is 1. The number of halogens is 2. The second kappa shape index (κ2) is 6.58. The molecule has 0 radical (unpaired) electrons. The zero-order valence-electron chi connectivity index (χ0n) is 10.2. The number of carbonyl (C=O) groups excluding carboxylic acids is 1. The Kier molecular flexibility index (Phi) is 5.07. The maximum absolute atomic E-state index is 12.3. The van der Waals surface area contributed by atoms with E-state index in [4.69, 9.17) is 11.6 Å². The number of alkyl halides is 1. The van der Waals surface area contributed by atoms with Crippen LogP contribution in [0.1, 0.15) is 24.8 Å². The lowest BCUT2D eigenvalue weighted by Crippen LogP contribution is -2.45. The summed E-state index contributed by atoms with van der Waals surface area (Å²) in [6, 6.07) is 7.88. The number of carbonyl (C=O) groups is 1. The summed E-state index contributed by atoms with van der Waals surface area (Å²) in [5, 5.41) is 1.59. The molecule has 1 atom stereocenters. The van der Waals surface area contributed by atoms with Gasteiger partial charge in [0.1, 0.15) is 0 Å². The number of hydrogen-bond donors (Lipinski definition) is 0. The highest BCUT2D eigenvalue weighted by atomic mass is 79.9. The quantitative estimate of drug-likeness (QED) is 0.775. The molecular formula is C14H17BrClNO. The fourth-order valence-electron chi connectivity index (χ4n) is 2.37. The van der Waals surface area contributed by atoms with E-state index in [-0.39, 0.29) is 5.91 Å². The zero-order valence-corrected chi connectivity index (χ0v) is 12.6. The average molecular weight is 331 g/mol. The lowest BCUT2D eigenvalue weighted by molar-refractivity contribution is -0.133. The van der Waals surface area contributed by atoms with Gasteiger partial charge in [-0.2, -0.15) is 0 Å². The lowest BCUT2D eigenvalue weighted by atomic mass is 10.0. The molecule has 1 aromatic carbocycles. The van der Waals surface area contributed by atoms with Gasteiger partial charge in [-0.1, -0.05) is 39.7 Å². The number of benzene rings is 1. The van der Waals surface area contributed by atoms with E-state index in [0.717, 1.165) is 30.3 Å². The summed E-state index contributed by atoms with van der Waals surface area (Å²) < 4.78 is 0. The van der Waals surface area contributed by atoms with Crippen molar-refractivity contribution in [1.29, 1.82) is 0 Å². The molecule has 0 saturated carbocycles. The van der Waals surface area contributed by atoms with Crippen molar-refractivity contribution in [3.05, 3.63) is 34.9 Å². The summed E-state index contributed by atoms with van der Waals surface area (Å²) in [4.78, 5) is 14.3. The molecule has 4 heteroatoms. The maximum Gasteiger partial charge on any atom is 0.227 e. The first-order valence-electron chi connectivity index (χ1n) is 6.30. The highest BCUT2D eigenvalue weighted by Gasteiger charge is 2.25. The monoisotopic (exact) mass is 329 g/mol. The van der Waals surface area contributed by atoms with Crippen molar-refractivity contribution in [2.45, 2.75) is 31.7 Å². The topological polar surface area (TPSA) is 20.3 Å². The van der Waals surface area contributed by atoms with E-state index in [0.29, 0.717) is 17.5 Å². The van der Waals surface area contributed by atoms with Gasteiger partial charge in [-0.05, 0) is 37.0 Å². The summed E-state index contributed by atoms with van der Waals surface area (Å²) in [6.07, 6.45) is 3.93. The Morgan fingerprint density at radius 1 is 1.33 bits per heavy atom. The second-order valence-electron chi connectivity index (χ2n) is 4.69. The van der Waals surface area contributed by atoms with Gasteiger partial charge >= 0.3 is 0 Å². The van der Waals surface area contributed by atoms with E-state index < -0.39 is 0 Å². The summed E-state index contributed by atoms with van der Waals surface area (Å²) in [5.74, 6) is 0.224. The van der Waals surface area contributed by atoms with E-state index in [2.05, 4.69) is 15.9 Å².